The van der Waals surface area contributed by atoms with E-state index in [1.807, 2.05) is 18.2 Å². The van der Waals surface area contributed by atoms with Gasteiger partial charge >= 0.3 is 0 Å². The predicted octanol–water partition coefficient (Wildman–Crippen LogP) is 4.08. The molecule has 2 rings (SSSR count). The van der Waals surface area contributed by atoms with Gasteiger partial charge in [-0.15, -0.1) is 0 Å². The molecule has 0 radical (unpaired) electrons. The number of benzene rings is 1. The van der Waals surface area contributed by atoms with Crippen molar-refractivity contribution in [3.05, 3.63) is 28.2 Å². The Hall–Kier alpha value is -0.540. The predicted molar refractivity (Wildman–Crippen MR) is 76.9 cm³/mol. The molecule has 0 spiro atoms. The molecule has 0 saturated heterocycles. The van der Waals surface area contributed by atoms with Crippen LogP contribution in [-0.2, 0) is 0 Å². The van der Waals surface area contributed by atoms with E-state index in [0.717, 1.165) is 35.0 Å². The topological polar surface area (TPSA) is 29.5 Å². The highest BCUT2D eigenvalue weighted by molar-refractivity contribution is 9.10. The van der Waals surface area contributed by atoms with Crippen LogP contribution in [0.3, 0.4) is 0 Å². The zero-order valence-corrected chi connectivity index (χ0v) is 12.8. The van der Waals surface area contributed by atoms with Crippen molar-refractivity contribution in [3.8, 4) is 5.75 Å². The van der Waals surface area contributed by atoms with E-state index in [1.165, 1.54) is 0 Å². The number of hydrogen-bond donors (Lipinski definition) is 1. The molecule has 2 nitrogen and oxygen atoms in total. The molecule has 0 bridgehead atoms. The van der Waals surface area contributed by atoms with Crippen molar-refractivity contribution in [1.29, 1.82) is 0 Å². The Morgan fingerprint density at radius 3 is 2.61 bits per heavy atom. The summed E-state index contributed by atoms with van der Waals surface area (Å²) in [5.41, 5.74) is 1.08. The number of halogens is 1. The van der Waals surface area contributed by atoms with Gasteiger partial charge in [0, 0.05) is 16.3 Å². The van der Waals surface area contributed by atoms with Gasteiger partial charge in [-0.3, -0.25) is 0 Å². The second kappa shape index (κ2) is 5.22. The second-order valence-corrected chi connectivity index (χ2v) is 6.12. The van der Waals surface area contributed by atoms with E-state index in [4.69, 9.17) is 4.74 Å². The van der Waals surface area contributed by atoms with Crippen molar-refractivity contribution in [3.63, 3.8) is 0 Å². The standard InChI is InChI=1S/C15H21BrO2/c1-4-15(5-2)13(17)9-14(15)18-12-8-11(16)7-6-10(12)3/h6-8,13-14,17H,4-5,9H2,1-3H3. The molecule has 2 unspecified atom stereocenters. The number of aliphatic hydroxyl groups is 1. The monoisotopic (exact) mass is 312 g/mol. The first-order valence-corrected chi connectivity index (χ1v) is 7.43. The van der Waals surface area contributed by atoms with Crippen molar-refractivity contribution in [2.24, 2.45) is 5.41 Å². The van der Waals surface area contributed by atoms with Gasteiger partial charge in [-0.2, -0.15) is 0 Å². The van der Waals surface area contributed by atoms with Crippen molar-refractivity contribution >= 4 is 15.9 Å². The van der Waals surface area contributed by atoms with Crippen LogP contribution in [0.1, 0.15) is 38.7 Å². The average Bonchev–Trinajstić information content (AvgIpc) is 2.35. The number of aryl methyl sites for hydroxylation is 1. The largest absolute Gasteiger partial charge is 0.489 e. The maximum Gasteiger partial charge on any atom is 0.123 e. The molecule has 0 heterocycles. The molecule has 3 heteroatoms. The lowest BCUT2D eigenvalue weighted by Crippen LogP contribution is -2.59. The first-order valence-electron chi connectivity index (χ1n) is 6.64. The van der Waals surface area contributed by atoms with Gasteiger partial charge in [-0.1, -0.05) is 35.8 Å². The summed E-state index contributed by atoms with van der Waals surface area (Å²) in [7, 11) is 0. The average molecular weight is 313 g/mol. The summed E-state index contributed by atoms with van der Waals surface area (Å²) in [5, 5.41) is 10.0. The highest BCUT2D eigenvalue weighted by Crippen LogP contribution is 2.49. The van der Waals surface area contributed by atoms with Gasteiger partial charge in [0.05, 0.1) is 6.10 Å². The van der Waals surface area contributed by atoms with E-state index in [9.17, 15) is 5.11 Å². The third kappa shape index (κ3) is 2.19. The molecule has 2 atom stereocenters. The SMILES string of the molecule is CCC1(CC)C(O)CC1Oc1cc(Br)ccc1C. The van der Waals surface area contributed by atoms with E-state index >= 15 is 0 Å². The van der Waals surface area contributed by atoms with E-state index in [-0.39, 0.29) is 17.6 Å². The Kier molecular flexibility index (Phi) is 4.02. The molecule has 1 fully saturated rings. The van der Waals surface area contributed by atoms with Crippen LogP contribution >= 0.6 is 15.9 Å². The summed E-state index contributed by atoms with van der Waals surface area (Å²) < 4.78 is 7.17. The number of aliphatic hydroxyl groups excluding tert-OH is 1. The lowest BCUT2D eigenvalue weighted by atomic mass is 9.60. The summed E-state index contributed by atoms with van der Waals surface area (Å²) >= 11 is 3.47. The van der Waals surface area contributed by atoms with Crippen LogP contribution in [0, 0.1) is 12.3 Å². The van der Waals surface area contributed by atoms with Gasteiger partial charge in [0.1, 0.15) is 11.9 Å². The Balaban J connectivity index is 2.17. The number of hydrogen-bond acceptors (Lipinski definition) is 2. The fourth-order valence-corrected chi connectivity index (χ4v) is 3.26. The molecule has 1 aliphatic rings. The number of ether oxygens (including phenoxy) is 1. The van der Waals surface area contributed by atoms with Gasteiger partial charge in [0.2, 0.25) is 0 Å². The molecule has 1 N–H and O–H groups in total. The minimum Gasteiger partial charge on any atom is -0.489 e. The van der Waals surface area contributed by atoms with Crippen molar-refractivity contribution in [2.45, 2.75) is 52.2 Å². The number of rotatable bonds is 4. The molecule has 1 aliphatic carbocycles. The Morgan fingerprint density at radius 2 is 2.06 bits per heavy atom. The van der Waals surface area contributed by atoms with Crippen LogP contribution in [0.15, 0.2) is 22.7 Å². The zero-order valence-electron chi connectivity index (χ0n) is 11.2. The molecular weight excluding hydrogens is 292 g/mol. The first kappa shape index (κ1) is 13.9. The molecule has 0 aromatic heterocycles. The molecule has 18 heavy (non-hydrogen) atoms. The van der Waals surface area contributed by atoms with Gasteiger partial charge in [-0.25, -0.2) is 0 Å². The van der Waals surface area contributed by atoms with E-state index < -0.39 is 0 Å². The smallest absolute Gasteiger partial charge is 0.123 e. The maximum atomic E-state index is 10.0. The fraction of sp³-hybridized carbons (Fsp3) is 0.600. The van der Waals surface area contributed by atoms with Gasteiger partial charge in [-0.05, 0) is 37.5 Å². The highest BCUT2D eigenvalue weighted by Gasteiger charge is 2.53. The highest BCUT2D eigenvalue weighted by atomic mass is 79.9. The van der Waals surface area contributed by atoms with Crippen LogP contribution in [0.2, 0.25) is 0 Å². The summed E-state index contributed by atoms with van der Waals surface area (Å²) in [6, 6.07) is 6.08. The second-order valence-electron chi connectivity index (χ2n) is 5.21. The third-order valence-electron chi connectivity index (χ3n) is 4.48. The van der Waals surface area contributed by atoms with Gasteiger partial charge in [0.15, 0.2) is 0 Å². The molecule has 0 amide bonds. The minimum absolute atomic E-state index is 0.0608. The van der Waals surface area contributed by atoms with E-state index in [0.29, 0.717) is 0 Å². The van der Waals surface area contributed by atoms with E-state index in [1.54, 1.807) is 0 Å². The normalized spacial score (nSPS) is 25.6. The molecular formula is C15H21BrO2. The van der Waals surface area contributed by atoms with Crippen LogP contribution in [0.5, 0.6) is 5.75 Å². The summed E-state index contributed by atoms with van der Waals surface area (Å²) in [4.78, 5) is 0. The molecule has 1 aromatic rings. The van der Waals surface area contributed by atoms with Crippen LogP contribution < -0.4 is 4.74 Å². The quantitative estimate of drug-likeness (QED) is 0.908. The van der Waals surface area contributed by atoms with Crippen LogP contribution in [-0.4, -0.2) is 17.3 Å². The third-order valence-corrected chi connectivity index (χ3v) is 4.97. The van der Waals surface area contributed by atoms with E-state index in [2.05, 4.69) is 36.7 Å². The Bertz CT molecular complexity index is 427. The van der Waals surface area contributed by atoms with Crippen molar-refractivity contribution in [1.82, 2.24) is 0 Å². The summed E-state index contributed by atoms with van der Waals surface area (Å²) in [6.45, 7) is 6.32. The van der Waals surface area contributed by atoms with Gasteiger partial charge < -0.3 is 9.84 Å². The fourth-order valence-electron chi connectivity index (χ4n) is 2.92. The lowest BCUT2D eigenvalue weighted by Gasteiger charge is -2.52. The Morgan fingerprint density at radius 1 is 1.39 bits per heavy atom. The minimum atomic E-state index is -0.218. The molecule has 1 aromatic carbocycles. The summed E-state index contributed by atoms with van der Waals surface area (Å²) in [5.74, 6) is 0.924. The van der Waals surface area contributed by atoms with Crippen molar-refractivity contribution in [2.75, 3.05) is 0 Å². The molecule has 0 aliphatic heterocycles. The summed E-state index contributed by atoms with van der Waals surface area (Å²) in [6.07, 6.45) is 2.58. The maximum absolute atomic E-state index is 10.0. The van der Waals surface area contributed by atoms with Crippen LogP contribution in [0.25, 0.3) is 0 Å². The first-order chi connectivity index (χ1) is 8.53. The lowest BCUT2D eigenvalue weighted by molar-refractivity contribution is -0.159. The molecule has 100 valence electrons. The zero-order chi connectivity index (χ0) is 13.3. The van der Waals surface area contributed by atoms with Crippen LogP contribution in [0.4, 0.5) is 0 Å². The molecule has 1 saturated carbocycles. The van der Waals surface area contributed by atoms with Gasteiger partial charge in [0.25, 0.3) is 0 Å². The van der Waals surface area contributed by atoms with Crippen molar-refractivity contribution < 1.29 is 9.84 Å². The Labute approximate surface area is 117 Å².